The highest BCUT2D eigenvalue weighted by atomic mass is 16.7. The smallest absolute Gasteiger partial charge is 0.186 e. The normalized spacial score (nSPS) is 39.0. The van der Waals surface area contributed by atoms with Crippen molar-refractivity contribution in [1.29, 1.82) is 0 Å². The summed E-state index contributed by atoms with van der Waals surface area (Å²) in [6, 6.07) is 6.76. The van der Waals surface area contributed by atoms with Gasteiger partial charge in [0.1, 0.15) is 48.5 Å². The van der Waals surface area contributed by atoms with Crippen LogP contribution in [-0.4, -0.2) is 110 Å². The van der Waals surface area contributed by atoms with Crippen molar-refractivity contribution in [2.45, 2.75) is 81.2 Å². The Morgan fingerprint density at radius 3 is 2.25 bits per heavy atom. The molecule has 0 aromatic heterocycles. The molecule has 0 bridgehead atoms. The maximum absolute atomic E-state index is 10.3. The summed E-state index contributed by atoms with van der Waals surface area (Å²) in [5, 5.41) is 69.2. The number of aliphatic hydroxyl groups is 6. The van der Waals surface area contributed by atoms with Crippen LogP contribution in [0, 0.1) is 0 Å². The Kier molecular flexibility index (Phi) is 8.81. The van der Waals surface area contributed by atoms with Crippen LogP contribution in [0.4, 0.5) is 0 Å². The van der Waals surface area contributed by atoms with Gasteiger partial charge in [-0.1, -0.05) is 12.1 Å². The van der Waals surface area contributed by atoms with Crippen LogP contribution in [0.15, 0.2) is 24.3 Å². The molecule has 2 aliphatic rings. The molecule has 2 saturated heterocycles. The molecule has 182 valence electrons. The molecule has 32 heavy (non-hydrogen) atoms. The third-order valence-corrected chi connectivity index (χ3v) is 5.69. The lowest BCUT2D eigenvalue weighted by molar-refractivity contribution is -0.326. The zero-order valence-corrected chi connectivity index (χ0v) is 17.7. The molecule has 7 N–H and O–H groups in total. The van der Waals surface area contributed by atoms with Crippen molar-refractivity contribution < 1.29 is 54.7 Å². The van der Waals surface area contributed by atoms with Crippen molar-refractivity contribution in [3.05, 3.63) is 29.8 Å². The predicted molar refractivity (Wildman–Crippen MR) is 107 cm³/mol. The highest BCUT2D eigenvalue weighted by Crippen LogP contribution is 2.26. The van der Waals surface area contributed by atoms with Gasteiger partial charge in [0, 0.05) is 0 Å². The summed E-state index contributed by atoms with van der Waals surface area (Å²) < 4.78 is 21.9. The number of rotatable bonds is 8. The molecule has 11 heteroatoms. The number of hydrogen-bond acceptors (Lipinski definition) is 11. The second-order valence-electron chi connectivity index (χ2n) is 8.25. The van der Waals surface area contributed by atoms with E-state index in [0.717, 1.165) is 5.56 Å². The lowest BCUT2D eigenvalue weighted by atomic mass is 9.99. The van der Waals surface area contributed by atoms with E-state index in [1.807, 2.05) is 0 Å². The van der Waals surface area contributed by atoms with E-state index in [9.17, 15) is 35.7 Å². The number of hydrogen-bond donors (Lipinski definition) is 7. The molecule has 0 aliphatic carbocycles. The van der Waals surface area contributed by atoms with E-state index in [1.165, 1.54) is 0 Å². The second kappa shape index (κ2) is 11.2. The fraction of sp³-hybridized carbons (Fsp3) is 0.714. The van der Waals surface area contributed by atoms with Crippen LogP contribution in [0.5, 0.6) is 5.75 Å². The minimum Gasteiger partial charge on any atom is -0.508 e. The molecule has 10 unspecified atom stereocenters. The van der Waals surface area contributed by atoms with E-state index in [-0.39, 0.29) is 25.1 Å². The van der Waals surface area contributed by atoms with Crippen molar-refractivity contribution >= 4 is 0 Å². The minimum absolute atomic E-state index is 0.175. The summed E-state index contributed by atoms with van der Waals surface area (Å²) >= 11 is 0. The number of phenolic OH excluding ortho intramolecular Hbond substituents is 1. The summed E-state index contributed by atoms with van der Waals surface area (Å²) in [5.74, 6) is 0.175. The maximum atomic E-state index is 10.3. The number of aromatic hydroxyl groups is 1. The Morgan fingerprint density at radius 2 is 1.56 bits per heavy atom. The highest BCUT2D eigenvalue weighted by Gasteiger charge is 2.46. The van der Waals surface area contributed by atoms with Gasteiger partial charge < -0.3 is 54.7 Å². The van der Waals surface area contributed by atoms with Gasteiger partial charge >= 0.3 is 0 Å². The third-order valence-electron chi connectivity index (χ3n) is 5.69. The highest BCUT2D eigenvalue weighted by molar-refractivity contribution is 5.25. The zero-order valence-electron chi connectivity index (χ0n) is 17.7. The van der Waals surface area contributed by atoms with Crippen molar-refractivity contribution in [3.8, 4) is 5.75 Å². The topological polar surface area (TPSA) is 179 Å². The average molecular weight is 460 g/mol. The molecule has 0 saturated carbocycles. The van der Waals surface area contributed by atoms with E-state index >= 15 is 0 Å². The van der Waals surface area contributed by atoms with Crippen LogP contribution >= 0.6 is 0 Å². The molecule has 2 fully saturated rings. The summed E-state index contributed by atoms with van der Waals surface area (Å²) in [4.78, 5) is 0. The number of aryl methyl sites for hydroxylation is 1. The van der Waals surface area contributed by atoms with Crippen LogP contribution in [-0.2, 0) is 25.4 Å². The lowest BCUT2D eigenvalue weighted by Gasteiger charge is -2.42. The van der Waals surface area contributed by atoms with Crippen molar-refractivity contribution in [2.24, 2.45) is 0 Å². The van der Waals surface area contributed by atoms with E-state index in [2.05, 4.69) is 0 Å². The van der Waals surface area contributed by atoms with Gasteiger partial charge in [-0.2, -0.15) is 0 Å². The molecular weight excluding hydrogens is 428 g/mol. The Morgan fingerprint density at radius 1 is 0.906 bits per heavy atom. The second-order valence-corrected chi connectivity index (χ2v) is 8.25. The summed E-state index contributed by atoms with van der Waals surface area (Å²) in [7, 11) is 0. The zero-order chi connectivity index (χ0) is 23.4. The molecule has 0 radical (unpaired) electrons. The standard InChI is InChI=1S/C21H32O11/c1-10(2-3-11-4-6-12(22)7-5-11)31-21-19(28)17(26)16(25)14(32-21)9-30-20-18(27)15(24)13(23)8-29-20/h4-7,10,13-28H,2-3,8-9H2,1H3. The van der Waals surface area contributed by atoms with E-state index < -0.39 is 55.3 Å². The summed E-state index contributed by atoms with van der Waals surface area (Å²) in [6.45, 7) is 1.19. The van der Waals surface area contributed by atoms with E-state index in [4.69, 9.17) is 18.9 Å². The van der Waals surface area contributed by atoms with Crippen LogP contribution in [0.1, 0.15) is 18.9 Å². The first-order chi connectivity index (χ1) is 15.2. The molecule has 10 atom stereocenters. The summed E-state index contributed by atoms with van der Waals surface area (Å²) in [5.41, 5.74) is 0.989. The van der Waals surface area contributed by atoms with E-state index in [1.54, 1.807) is 31.2 Å². The summed E-state index contributed by atoms with van der Waals surface area (Å²) in [6.07, 6.45) is -11.5. The van der Waals surface area contributed by atoms with Gasteiger partial charge in [-0.05, 0) is 37.5 Å². The molecule has 2 heterocycles. The molecular formula is C21H32O11. The Bertz CT molecular complexity index is 701. The van der Waals surface area contributed by atoms with Crippen LogP contribution in [0.3, 0.4) is 0 Å². The van der Waals surface area contributed by atoms with Gasteiger partial charge in [0.05, 0.1) is 19.3 Å². The molecule has 3 rings (SSSR count). The number of phenols is 1. The van der Waals surface area contributed by atoms with Crippen LogP contribution in [0.25, 0.3) is 0 Å². The third kappa shape index (κ3) is 6.14. The fourth-order valence-corrected chi connectivity index (χ4v) is 3.61. The van der Waals surface area contributed by atoms with E-state index in [0.29, 0.717) is 12.8 Å². The molecule has 1 aromatic carbocycles. The Balaban J connectivity index is 1.52. The molecule has 1 aromatic rings. The number of benzene rings is 1. The minimum atomic E-state index is -1.56. The Labute approximate surface area is 185 Å². The first-order valence-corrected chi connectivity index (χ1v) is 10.6. The fourth-order valence-electron chi connectivity index (χ4n) is 3.61. The predicted octanol–water partition coefficient (Wildman–Crippen LogP) is -2.01. The monoisotopic (exact) mass is 460 g/mol. The van der Waals surface area contributed by atoms with Gasteiger partial charge in [-0.25, -0.2) is 0 Å². The van der Waals surface area contributed by atoms with Gasteiger partial charge in [-0.3, -0.25) is 0 Å². The van der Waals surface area contributed by atoms with Gasteiger partial charge in [0.15, 0.2) is 12.6 Å². The van der Waals surface area contributed by atoms with Crippen LogP contribution in [0.2, 0.25) is 0 Å². The quantitative estimate of drug-likeness (QED) is 0.228. The van der Waals surface area contributed by atoms with Gasteiger partial charge in [0.2, 0.25) is 0 Å². The number of ether oxygens (including phenoxy) is 4. The van der Waals surface area contributed by atoms with Gasteiger partial charge in [-0.15, -0.1) is 0 Å². The molecule has 0 amide bonds. The molecule has 0 spiro atoms. The average Bonchev–Trinajstić information content (AvgIpc) is 2.77. The first-order valence-electron chi connectivity index (χ1n) is 10.6. The molecule has 11 nitrogen and oxygen atoms in total. The Hall–Kier alpha value is -1.38. The lowest BCUT2D eigenvalue weighted by Crippen LogP contribution is -2.60. The first kappa shape index (κ1) is 25.2. The van der Waals surface area contributed by atoms with Crippen LogP contribution < -0.4 is 0 Å². The maximum Gasteiger partial charge on any atom is 0.186 e. The van der Waals surface area contributed by atoms with Crippen molar-refractivity contribution in [1.82, 2.24) is 0 Å². The van der Waals surface area contributed by atoms with Crippen molar-refractivity contribution in [3.63, 3.8) is 0 Å². The number of aliphatic hydroxyl groups excluding tert-OH is 6. The molecule has 2 aliphatic heterocycles. The SMILES string of the molecule is CC(CCc1ccc(O)cc1)OC1OC(COC2OCC(O)C(O)C2O)C(O)C(O)C1O. The van der Waals surface area contributed by atoms with Gasteiger partial charge in [0.25, 0.3) is 0 Å². The van der Waals surface area contributed by atoms with Crippen molar-refractivity contribution in [2.75, 3.05) is 13.2 Å². The largest absolute Gasteiger partial charge is 0.508 e.